The second kappa shape index (κ2) is 11.3. The molecule has 0 heterocycles. The number of aryl methyl sites for hydroxylation is 1. The number of rotatable bonds is 10. The number of carbonyl (C=O) groups excluding carboxylic acids is 3. The number of nitrogens with one attached hydrogen (secondary N) is 1. The summed E-state index contributed by atoms with van der Waals surface area (Å²) in [7, 11) is 0. The van der Waals surface area contributed by atoms with Crippen LogP contribution in [-0.2, 0) is 20.7 Å². The Balaban J connectivity index is 1.80. The number of hydrogen-bond donors (Lipinski definition) is 1. The molecule has 0 aliphatic carbocycles. The Kier molecular flexibility index (Phi) is 8.43. The molecule has 0 radical (unpaired) electrons. The minimum absolute atomic E-state index is 0.0644. The van der Waals surface area contributed by atoms with Crippen molar-refractivity contribution in [1.82, 2.24) is 5.32 Å². The van der Waals surface area contributed by atoms with E-state index in [0.717, 1.165) is 24.5 Å². The molecular formula is C22H22N2O6. The van der Waals surface area contributed by atoms with Crippen LogP contribution in [0, 0.1) is 10.1 Å². The van der Waals surface area contributed by atoms with Crippen LogP contribution < -0.4 is 5.32 Å². The van der Waals surface area contributed by atoms with Crippen LogP contribution >= 0.6 is 0 Å². The van der Waals surface area contributed by atoms with Gasteiger partial charge in [-0.05, 0) is 30.0 Å². The van der Waals surface area contributed by atoms with Crippen molar-refractivity contribution in [3.63, 3.8) is 0 Å². The standard InChI is InChI=1S/C22H22N2O6/c1-16(25)23-13-3-5-17-7-10-19(11-8-17)21(26)15-30-22(27)12-9-18-4-2-6-20(14-18)24(28)29/h2,4,6-12,14H,3,5,13,15H2,1H3,(H,23,25)/b12-9+. The molecule has 156 valence electrons. The summed E-state index contributed by atoms with van der Waals surface area (Å²) in [4.78, 5) is 45.0. The van der Waals surface area contributed by atoms with Crippen molar-refractivity contribution in [3.8, 4) is 0 Å². The summed E-state index contributed by atoms with van der Waals surface area (Å²) in [6.45, 7) is 1.66. The van der Waals surface area contributed by atoms with E-state index in [9.17, 15) is 24.5 Å². The van der Waals surface area contributed by atoms with Crippen molar-refractivity contribution in [1.29, 1.82) is 0 Å². The van der Waals surface area contributed by atoms with Crippen molar-refractivity contribution in [2.24, 2.45) is 0 Å². The van der Waals surface area contributed by atoms with Gasteiger partial charge in [-0.3, -0.25) is 19.7 Å². The van der Waals surface area contributed by atoms with Gasteiger partial charge in [-0.2, -0.15) is 0 Å². The molecule has 0 spiro atoms. The van der Waals surface area contributed by atoms with Gasteiger partial charge in [0.05, 0.1) is 4.92 Å². The third-order valence-corrected chi connectivity index (χ3v) is 4.13. The third-order valence-electron chi connectivity index (χ3n) is 4.13. The first-order valence-electron chi connectivity index (χ1n) is 9.31. The summed E-state index contributed by atoms with van der Waals surface area (Å²) in [5.41, 5.74) is 1.85. The number of non-ortho nitro benzene ring substituents is 1. The second-order valence-corrected chi connectivity index (χ2v) is 6.50. The summed E-state index contributed by atoms with van der Waals surface area (Å²) in [6, 6.07) is 12.8. The minimum atomic E-state index is -0.718. The van der Waals surface area contributed by atoms with Gasteiger partial charge in [0, 0.05) is 37.2 Å². The van der Waals surface area contributed by atoms with E-state index in [0.29, 0.717) is 17.7 Å². The van der Waals surface area contributed by atoms with E-state index in [4.69, 9.17) is 4.74 Å². The number of nitro groups is 1. The Hall–Kier alpha value is -3.81. The lowest BCUT2D eigenvalue weighted by Crippen LogP contribution is -2.21. The first kappa shape index (κ1) is 22.5. The van der Waals surface area contributed by atoms with Gasteiger partial charge in [0.25, 0.3) is 5.69 Å². The van der Waals surface area contributed by atoms with Gasteiger partial charge >= 0.3 is 5.97 Å². The second-order valence-electron chi connectivity index (χ2n) is 6.50. The van der Waals surface area contributed by atoms with Crippen LogP contribution in [0.5, 0.6) is 0 Å². The Bertz CT molecular complexity index is 950. The van der Waals surface area contributed by atoms with Crippen LogP contribution in [0.1, 0.15) is 34.8 Å². The number of nitro benzene ring substituents is 1. The fraction of sp³-hybridized carbons (Fsp3) is 0.227. The van der Waals surface area contributed by atoms with Crippen molar-refractivity contribution < 1.29 is 24.0 Å². The lowest BCUT2D eigenvalue weighted by molar-refractivity contribution is -0.384. The molecule has 0 bridgehead atoms. The van der Waals surface area contributed by atoms with Crippen LogP contribution in [0.25, 0.3) is 6.08 Å². The summed E-state index contributed by atoms with van der Waals surface area (Å²) < 4.78 is 4.94. The van der Waals surface area contributed by atoms with Crippen LogP contribution in [0.3, 0.4) is 0 Å². The molecule has 0 saturated carbocycles. The van der Waals surface area contributed by atoms with Gasteiger partial charge in [-0.1, -0.05) is 36.4 Å². The molecule has 8 nitrogen and oxygen atoms in total. The Morgan fingerprint density at radius 2 is 1.87 bits per heavy atom. The number of ketones is 1. The number of Topliss-reactive ketones (excluding diaryl/α,β-unsaturated/α-hetero) is 1. The van der Waals surface area contributed by atoms with Crippen molar-refractivity contribution in [2.45, 2.75) is 19.8 Å². The molecule has 2 rings (SSSR count). The maximum absolute atomic E-state index is 12.2. The fourth-order valence-electron chi connectivity index (χ4n) is 2.59. The number of esters is 1. The van der Waals surface area contributed by atoms with Crippen LogP contribution in [0.4, 0.5) is 5.69 Å². The predicted molar refractivity (Wildman–Crippen MR) is 111 cm³/mol. The van der Waals surface area contributed by atoms with Gasteiger partial charge in [-0.15, -0.1) is 0 Å². The zero-order chi connectivity index (χ0) is 21.9. The molecule has 0 fully saturated rings. The van der Waals surface area contributed by atoms with Gasteiger partial charge in [-0.25, -0.2) is 4.79 Å². The maximum Gasteiger partial charge on any atom is 0.331 e. The molecule has 1 N–H and O–H groups in total. The van der Waals surface area contributed by atoms with Gasteiger partial charge < -0.3 is 10.1 Å². The Labute approximate surface area is 173 Å². The molecule has 1 amide bonds. The minimum Gasteiger partial charge on any atom is -0.454 e. The molecule has 0 saturated heterocycles. The van der Waals surface area contributed by atoms with E-state index >= 15 is 0 Å². The van der Waals surface area contributed by atoms with Crippen molar-refractivity contribution in [2.75, 3.05) is 13.2 Å². The lowest BCUT2D eigenvalue weighted by atomic mass is 10.1. The molecule has 0 aliphatic rings. The predicted octanol–water partition coefficient (Wildman–Crippen LogP) is 3.10. The molecular weight excluding hydrogens is 388 g/mol. The smallest absolute Gasteiger partial charge is 0.331 e. The SMILES string of the molecule is CC(=O)NCCCc1ccc(C(=O)COC(=O)/C=C/c2cccc([N+](=O)[O-])c2)cc1. The number of benzene rings is 2. The van der Waals surface area contributed by atoms with E-state index in [1.165, 1.54) is 31.2 Å². The maximum atomic E-state index is 12.2. The molecule has 0 unspecified atom stereocenters. The number of carbonyl (C=O) groups is 3. The van der Waals surface area contributed by atoms with E-state index in [-0.39, 0.29) is 17.4 Å². The summed E-state index contributed by atoms with van der Waals surface area (Å²) in [5, 5.41) is 13.5. The summed E-state index contributed by atoms with van der Waals surface area (Å²) >= 11 is 0. The third kappa shape index (κ3) is 7.67. The number of ether oxygens (including phenoxy) is 1. The number of nitrogens with zero attached hydrogens (tertiary/aromatic N) is 1. The monoisotopic (exact) mass is 410 g/mol. The molecule has 2 aromatic rings. The molecule has 8 heteroatoms. The van der Waals surface area contributed by atoms with Gasteiger partial charge in [0.15, 0.2) is 12.4 Å². The van der Waals surface area contributed by atoms with E-state index in [1.807, 2.05) is 12.1 Å². The van der Waals surface area contributed by atoms with Crippen LogP contribution in [0.2, 0.25) is 0 Å². The average Bonchev–Trinajstić information content (AvgIpc) is 2.74. The zero-order valence-corrected chi connectivity index (χ0v) is 16.5. The molecule has 0 aromatic heterocycles. The highest BCUT2D eigenvalue weighted by Crippen LogP contribution is 2.14. The highest BCUT2D eigenvalue weighted by Gasteiger charge is 2.09. The highest BCUT2D eigenvalue weighted by molar-refractivity contribution is 5.98. The van der Waals surface area contributed by atoms with Gasteiger partial charge in [0.1, 0.15) is 0 Å². The normalized spacial score (nSPS) is 10.6. The quantitative estimate of drug-likeness (QED) is 0.161. The van der Waals surface area contributed by atoms with Crippen molar-refractivity contribution in [3.05, 3.63) is 81.4 Å². The van der Waals surface area contributed by atoms with Gasteiger partial charge in [0.2, 0.25) is 5.91 Å². The lowest BCUT2D eigenvalue weighted by Gasteiger charge is -2.05. The average molecular weight is 410 g/mol. The summed E-state index contributed by atoms with van der Waals surface area (Å²) in [5.74, 6) is -1.12. The largest absolute Gasteiger partial charge is 0.454 e. The van der Waals surface area contributed by atoms with E-state index in [2.05, 4.69) is 5.32 Å². The van der Waals surface area contributed by atoms with Crippen LogP contribution in [0.15, 0.2) is 54.6 Å². The Morgan fingerprint density at radius 1 is 1.13 bits per heavy atom. The molecule has 0 aliphatic heterocycles. The fourth-order valence-corrected chi connectivity index (χ4v) is 2.59. The molecule has 2 aromatic carbocycles. The van der Waals surface area contributed by atoms with Crippen LogP contribution in [-0.4, -0.2) is 35.7 Å². The topological polar surface area (TPSA) is 116 Å². The number of amides is 1. The van der Waals surface area contributed by atoms with E-state index < -0.39 is 17.5 Å². The first-order valence-corrected chi connectivity index (χ1v) is 9.31. The molecule has 0 atom stereocenters. The van der Waals surface area contributed by atoms with Crippen molar-refractivity contribution >= 4 is 29.4 Å². The first-order chi connectivity index (χ1) is 14.3. The highest BCUT2D eigenvalue weighted by atomic mass is 16.6. The summed E-state index contributed by atoms with van der Waals surface area (Å²) in [6.07, 6.45) is 4.06. The number of hydrogen-bond acceptors (Lipinski definition) is 6. The molecule has 30 heavy (non-hydrogen) atoms. The zero-order valence-electron chi connectivity index (χ0n) is 16.5. The van der Waals surface area contributed by atoms with E-state index in [1.54, 1.807) is 18.2 Å². The Morgan fingerprint density at radius 3 is 2.53 bits per heavy atom.